The van der Waals surface area contributed by atoms with Crippen LogP contribution in [0.15, 0.2) is 71.7 Å². The SMILES string of the molecule is CC(C)(C)OC(=O)CN(Cc1cccc(NS(=O)(=O)NC(=O)OC(C)(C)C)c1)C(=O)CCc1ccc(OC(=O)c2ccc(N/C(=N\C(=O)OC(C)(C)C)NC(=O)OC(C)(C)C)cc2)cc1Cl. The van der Waals surface area contributed by atoms with Gasteiger partial charge in [-0.05, 0) is 149 Å². The lowest BCUT2D eigenvalue weighted by atomic mass is 10.1. The fraction of sp³-hybridized carbons (Fsp3) is 0.444. The molecule has 66 heavy (non-hydrogen) atoms. The number of nitrogens with one attached hydrogen (secondary N) is 4. The maximum Gasteiger partial charge on any atom is 0.437 e. The largest absolute Gasteiger partial charge is 0.459 e. The number of anilines is 2. The van der Waals surface area contributed by atoms with Crippen molar-refractivity contribution >= 4 is 75.3 Å². The molecular formula is C45H59ClN6O13S. The van der Waals surface area contributed by atoms with Crippen LogP contribution >= 0.6 is 11.6 Å². The van der Waals surface area contributed by atoms with Gasteiger partial charge in [0, 0.05) is 23.7 Å². The summed E-state index contributed by atoms with van der Waals surface area (Å²) < 4.78 is 55.8. The van der Waals surface area contributed by atoms with Crippen molar-refractivity contribution in [3.63, 3.8) is 0 Å². The van der Waals surface area contributed by atoms with Crippen molar-refractivity contribution in [2.75, 3.05) is 16.6 Å². The van der Waals surface area contributed by atoms with E-state index in [-0.39, 0.29) is 47.4 Å². The molecule has 0 radical (unpaired) electrons. The Kier molecular flexibility index (Phi) is 18.1. The van der Waals surface area contributed by atoms with Gasteiger partial charge in [0.05, 0.1) is 11.3 Å². The van der Waals surface area contributed by atoms with Gasteiger partial charge in [0.15, 0.2) is 0 Å². The van der Waals surface area contributed by atoms with E-state index in [4.69, 9.17) is 35.3 Å². The number of carbonyl (C=O) groups is 6. The van der Waals surface area contributed by atoms with Crippen molar-refractivity contribution < 1.29 is 60.9 Å². The number of aryl methyl sites for hydroxylation is 1. The molecule has 0 fully saturated rings. The first-order chi connectivity index (χ1) is 30.2. The highest BCUT2D eigenvalue weighted by atomic mass is 35.5. The van der Waals surface area contributed by atoms with Crippen molar-refractivity contribution in [3.05, 3.63) is 88.4 Å². The highest BCUT2D eigenvalue weighted by Gasteiger charge is 2.25. The summed E-state index contributed by atoms with van der Waals surface area (Å²) in [5.74, 6) is -2.03. The predicted octanol–water partition coefficient (Wildman–Crippen LogP) is 8.27. The number of nitrogens with zero attached hydrogens (tertiary/aromatic N) is 2. The maximum atomic E-state index is 13.7. The summed E-state index contributed by atoms with van der Waals surface area (Å²) in [5, 5.41) is 5.37. The lowest BCUT2D eigenvalue weighted by Gasteiger charge is -2.25. The number of benzene rings is 3. The highest BCUT2D eigenvalue weighted by Crippen LogP contribution is 2.26. The van der Waals surface area contributed by atoms with Crippen molar-refractivity contribution in [2.24, 2.45) is 4.99 Å². The van der Waals surface area contributed by atoms with Crippen LogP contribution in [0.4, 0.5) is 25.8 Å². The summed E-state index contributed by atoms with van der Waals surface area (Å²) in [4.78, 5) is 81.8. The number of amides is 4. The topological polar surface area (TPSA) is 246 Å². The minimum Gasteiger partial charge on any atom is -0.459 e. The third kappa shape index (κ3) is 21.1. The van der Waals surface area contributed by atoms with Gasteiger partial charge in [-0.1, -0.05) is 29.8 Å². The average molecular weight is 960 g/mol. The second-order valence-electron chi connectivity index (χ2n) is 18.7. The fourth-order valence-electron chi connectivity index (χ4n) is 5.35. The van der Waals surface area contributed by atoms with Crippen LogP contribution in [-0.4, -0.2) is 84.4 Å². The summed E-state index contributed by atoms with van der Waals surface area (Å²) >= 11 is 6.58. The molecular weight excluding hydrogens is 900 g/mol. The number of ether oxygens (including phenoxy) is 5. The first-order valence-corrected chi connectivity index (χ1v) is 22.4. The molecule has 0 saturated carbocycles. The van der Waals surface area contributed by atoms with Gasteiger partial charge in [-0.3, -0.25) is 19.6 Å². The summed E-state index contributed by atoms with van der Waals surface area (Å²) in [6, 6.07) is 16.4. The standard InChI is InChI=1S/C45H59ClN6O13S/c1-42(2,3)62-36(54)27-52(26-28-14-13-15-32(24-28)50-66(59,60)51-41(58)65-45(10,11)12)35(53)23-19-29-18-22-33(25-34(29)46)61-37(55)30-16-20-31(21-17-30)47-38(48-39(56)63-43(4,5)6)49-40(57)64-44(7,8)9/h13-18,20-22,24-25,50H,19,23,26-27H2,1-12H3,(H,51,58)(H2,47,48,49,56,57). The van der Waals surface area contributed by atoms with E-state index >= 15 is 0 Å². The van der Waals surface area contributed by atoms with E-state index in [9.17, 15) is 37.2 Å². The number of guanidine groups is 1. The Hall–Kier alpha value is -6.41. The van der Waals surface area contributed by atoms with Crippen LogP contribution in [0.1, 0.15) is 111 Å². The Bertz CT molecular complexity index is 2400. The molecule has 0 aliphatic carbocycles. The molecule has 4 N–H and O–H groups in total. The van der Waals surface area contributed by atoms with E-state index in [1.807, 2.05) is 0 Å². The van der Waals surface area contributed by atoms with Crippen LogP contribution in [0.2, 0.25) is 5.02 Å². The summed E-state index contributed by atoms with van der Waals surface area (Å²) in [6.07, 6.45) is -3.00. The molecule has 0 saturated heterocycles. The summed E-state index contributed by atoms with van der Waals surface area (Å²) in [6.45, 7) is 19.3. The Morgan fingerprint density at radius 1 is 0.697 bits per heavy atom. The monoisotopic (exact) mass is 958 g/mol. The summed E-state index contributed by atoms with van der Waals surface area (Å²) in [7, 11) is -4.40. The predicted molar refractivity (Wildman–Crippen MR) is 247 cm³/mol. The van der Waals surface area contributed by atoms with Crippen LogP contribution in [-0.2, 0) is 51.7 Å². The molecule has 21 heteroatoms. The third-order valence-corrected chi connectivity index (χ3v) is 9.00. The van der Waals surface area contributed by atoms with Crippen LogP contribution in [0.25, 0.3) is 0 Å². The van der Waals surface area contributed by atoms with E-state index in [0.29, 0.717) is 16.8 Å². The molecule has 3 aromatic rings. The minimum absolute atomic E-state index is 0.0696. The number of alkyl carbamates (subject to hydrolysis) is 1. The number of hydrogen-bond donors (Lipinski definition) is 4. The molecule has 0 spiro atoms. The normalized spacial score (nSPS) is 12.2. The van der Waals surface area contributed by atoms with Crippen molar-refractivity contribution in [3.8, 4) is 5.75 Å². The molecule has 3 aromatic carbocycles. The Labute approximate surface area is 390 Å². The quantitative estimate of drug-likeness (QED) is 0.0414. The third-order valence-electron chi connectivity index (χ3n) is 7.70. The number of rotatable bonds is 13. The Morgan fingerprint density at radius 2 is 1.29 bits per heavy atom. The number of carbonyl (C=O) groups excluding carboxylic acids is 6. The molecule has 0 heterocycles. The second kappa shape index (κ2) is 22.2. The zero-order chi connectivity index (χ0) is 49.8. The van der Waals surface area contributed by atoms with Gasteiger partial charge in [-0.15, -0.1) is 4.99 Å². The molecule has 3 rings (SSSR count). The maximum absolute atomic E-state index is 13.7. The van der Waals surface area contributed by atoms with Crippen LogP contribution in [0, 0.1) is 0 Å². The lowest BCUT2D eigenvalue weighted by molar-refractivity contribution is -0.159. The fourth-order valence-corrected chi connectivity index (χ4v) is 6.37. The molecule has 0 aliphatic rings. The highest BCUT2D eigenvalue weighted by molar-refractivity contribution is 7.91. The molecule has 0 bridgehead atoms. The van der Waals surface area contributed by atoms with E-state index in [1.54, 1.807) is 99.9 Å². The number of hydrogen-bond acceptors (Lipinski definition) is 13. The van der Waals surface area contributed by atoms with E-state index in [0.717, 1.165) is 0 Å². The first-order valence-electron chi connectivity index (χ1n) is 20.5. The van der Waals surface area contributed by atoms with Gasteiger partial charge < -0.3 is 33.9 Å². The number of esters is 2. The smallest absolute Gasteiger partial charge is 0.437 e. The van der Waals surface area contributed by atoms with Crippen LogP contribution in [0.3, 0.4) is 0 Å². The lowest BCUT2D eigenvalue weighted by Crippen LogP contribution is -2.40. The molecule has 360 valence electrons. The van der Waals surface area contributed by atoms with Crippen molar-refractivity contribution in [2.45, 2.75) is 125 Å². The van der Waals surface area contributed by atoms with Gasteiger partial charge in [-0.2, -0.15) is 8.42 Å². The molecule has 0 atom stereocenters. The molecule has 19 nitrogen and oxygen atoms in total. The Balaban J connectivity index is 1.71. The minimum atomic E-state index is -4.40. The van der Waals surface area contributed by atoms with E-state index in [2.05, 4.69) is 20.3 Å². The molecule has 0 aliphatic heterocycles. The van der Waals surface area contributed by atoms with Gasteiger partial charge >= 0.3 is 40.4 Å². The molecule has 4 amide bonds. The van der Waals surface area contributed by atoms with Crippen molar-refractivity contribution in [1.82, 2.24) is 14.9 Å². The van der Waals surface area contributed by atoms with E-state index < -0.39 is 75.3 Å². The van der Waals surface area contributed by atoms with Crippen LogP contribution in [0.5, 0.6) is 5.75 Å². The van der Waals surface area contributed by atoms with Crippen molar-refractivity contribution in [1.29, 1.82) is 0 Å². The summed E-state index contributed by atoms with van der Waals surface area (Å²) in [5.41, 5.74) is -1.93. The van der Waals surface area contributed by atoms with Gasteiger partial charge in [0.2, 0.25) is 11.9 Å². The molecule has 0 unspecified atom stereocenters. The molecule has 0 aromatic heterocycles. The average Bonchev–Trinajstić information content (AvgIpc) is 3.10. The zero-order valence-corrected chi connectivity index (χ0v) is 40.7. The Morgan fingerprint density at radius 3 is 1.86 bits per heavy atom. The number of aliphatic imine (C=N–C) groups is 1. The zero-order valence-electron chi connectivity index (χ0n) is 39.2. The first kappa shape index (κ1) is 53.9. The van der Waals surface area contributed by atoms with E-state index in [1.165, 1.54) is 59.5 Å². The number of halogens is 1. The van der Waals surface area contributed by atoms with Gasteiger partial charge in [-0.25, -0.2) is 23.9 Å². The van der Waals surface area contributed by atoms with Gasteiger partial charge in [0.25, 0.3) is 0 Å². The van der Waals surface area contributed by atoms with Gasteiger partial charge in [0.1, 0.15) is 34.7 Å². The second-order valence-corrected chi connectivity index (χ2v) is 20.5. The van der Waals surface area contributed by atoms with Crippen LogP contribution < -0.4 is 24.8 Å².